The number of hydrogen-bond acceptors (Lipinski definition) is 7. The summed E-state index contributed by atoms with van der Waals surface area (Å²) in [4.78, 5) is 13.7. The fourth-order valence-electron chi connectivity index (χ4n) is 2.69. The summed E-state index contributed by atoms with van der Waals surface area (Å²) in [5.41, 5.74) is 2.59. The molecule has 2 aromatic heterocycles. The van der Waals surface area contributed by atoms with Crippen LogP contribution in [0, 0.1) is 0 Å². The Morgan fingerprint density at radius 3 is 3.05 bits per heavy atom. The van der Waals surface area contributed by atoms with E-state index in [-0.39, 0.29) is 0 Å². The number of fused-ring (bicyclic) bond motifs is 1. The summed E-state index contributed by atoms with van der Waals surface area (Å²) in [6, 6.07) is 2.56. The monoisotopic (exact) mass is 307 g/mol. The molecule has 1 aliphatic rings. The first kappa shape index (κ1) is 14.5. The number of morpholine rings is 1. The van der Waals surface area contributed by atoms with Crippen LogP contribution in [0.25, 0.3) is 10.2 Å². The van der Waals surface area contributed by atoms with Crippen LogP contribution in [0.1, 0.15) is 25.1 Å². The molecule has 1 unspecified atom stereocenters. The quantitative estimate of drug-likeness (QED) is 0.666. The van der Waals surface area contributed by atoms with E-state index in [1.807, 2.05) is 0 Å². The molecule has 1 aliphatic heterocycles. The predicted octanol–water partition coefficient (Wildman–Crippen LogP) is 2.15. The number of nitrogens with one attached hydrogen (secondary N) is 1. The summed E-state index contributed by atoms with van der Waals surface area (Å²) in [6.45, 7) is 6.67. The van der Waals surface area contributed by atoms with Crippen molar-refractivity contribution in [3.63, 3.8) is 0 Å². The van der Waals surface area contributed by atoms with Gasteiger partial charge in [0.15, 0.2) is 0 Å². The highest BCUT2D eigenvalue weighted by Crippen LogP contribution is 2.34. The number of hydrogen-bond donors (Lipinski definition) is 2. The van der Waals surface area contributed by atoms with Gasteiger partial charge in [-0.1, -0.05) is 13.8 Å². The number of rotatable bonds is 4. The second kappa shape index (κ2) is 6.13. The van der Waals surface area contributed by atoms with Gasteiger partial charge in [0.2, 0.25) is 5.95 Å². The lowest BCUT2D eigenvalue weighted by atomic mass is 10.1. The van der Waals surface area contributed by atoms with E-state index in [1.54, 1.807) is 11.3 Å². The van der Waals surface area contributed by atoms with Gasteiger partial charge in [0, 0.05) is 11.4 Å². The van der Waals surface area contributed by atoms with Gasteiger partial charge >= 0.3 is 0 Å². The second-order valence-electron chi connectivity index (χ2n) is 5.13. The zero-order valence-corrected chi connectivity index (χ0v) is 13.2. The highest BCUT2D eigenvalue weighted by atomic mass is 32.1. The minimum atomic E-state index is 0.354. The fraction of sp³-hybridized carbons (Fsp3) is 0.571. The summed E-state index contributed by atoms with van der Waals surface area (Å²) >= 11 is 1.71. The summed E-state index contributed by atoms with van der Waals surface area (Å²) < 4.78 is 5.60. The van der Waals surface area contributed by atoms with Crippen LogP contribution in [0.2, 0.25) is 0 Å². The van der Waals surface area contributed by atoms with E-state index in [1.165, 1.54) is 4.88 Å². The Balaban J connectivity index is 2.12. The smallest absolute Gasteiger partial charge is 0.240 e. The first-order valence-electron chi connectivity index (χ1n) is 7.38. The largest absolute Gasteiger partial charge is 0.377 e. The number of nitrogens with two attached hydrogens (primary N) is 1. The molecule has 7 heteroatoms. The number of nitrogen functional groups attached to an aromatic ring is 1. The fourth-order valence-corrected chi connectivity index (χ4v) is 3.65. The van der Waals surface area contributed by atoms with Crippen LogP contribution < -0.4 is 16.2 Å². The number of thiophene rings is 1. The third-order valence-corrected chi connectivity index (χ3v) is 5.05. The maximum absolute atomic E-state index is 5.60. The molecule has 114 valence electrons. The van der Waals surface area contributed by atoms with E-state index in [0.717, 1.165) is 48.6 Å². The molecule has 3 heterocycles. The topological polar surface area (TPSA) is 76.3 Å². The molecule has 21 heavy (non-hydrogen) atoms. The van der Waals surface area contributed by atoms with Crippen molar-refractivity contribution in [2.45, 2.75) is 32.7 Å². The Morgan fingerprint density at radius 1 is 1.48 bits per heavy atom. The van der Waals surface area contributed by atoms with Crippen LogP contribution in [0.3, 0.4) is 0 Å². The van der Waals surface area contributed by atoms with E-state index in [0.29, 0.717) is 12.0 Å². The standard InChI is InChI=1S/C14H21N5OS/c1-3-9-8-20-6-5-19(9)12-11-7-10(4-2)21-13(11)17-14(16-12)18-15/h7,9H,3-6,8,15H2,1-2H3,(H,16,17,18). The molecule has 0 spiro atoms. The molecule has 1 saturated heterocycles. The molecule has 0 bridgehead atoms. The van der Waals surface area contributed by atoms with Crippen LogP contribution in [-0.2, 0) is 11.2 Å². The normalized spacial score (nSPS) is 19.2. The summed E-state index contributed by atoms with van der Waals surface area (Å²) in [5, 5.41) is 1.12. The van der Waals surface area contributed by atoms with E-state index in [4.69, 9.17) is 10.6 Å². The van der Waals surface area contributed by atoms with E-state index in [2.05, 4.69) is 40.2 Å². The van der Waals surface area contributed by atoms with Gasteiger partial charge in [0.05, 0.1) is 24.6 Å². The maximum Gasteiger partial charge on any atom is 0.240 e. The minimum absolute atomic E-state index is 0.354. The number of anilines is 2. The molecular formula is C14H21N5OS. The zero-order valence-electron chi connectivity index (χ0n) is 12.4. The summed E-state index contributed by atoms with van der Waals surface area (Å²) in [7, 11) is 0. The highest BCUT2D eigenvalue weighted by molar-refractivity contribution is 7.18. The Hall–Kier alpha value is -1.44. The molecule has 6 nitrogen and oxygen atoms in total. The van der Waals surface area contributed by atoms with Crippen LogP contribution in [0.4, 0.5) is 11.8 Å². The Bertz CT molecular complexity index is 629. The van der Waals surface area contributed by atoms with Crippen LogP contribution >= 0.6 is 11.3 Å². The first-order chi connectivity index (χ1) is 10.3. The van der Waals surface area contributed by atoms with Crippen LogP contribution in [0.15, 0.2) is 6.07 Å². The minimum Gasteiger partial charge on any atom is -0.377 e. The van der Waals surface area contributed by atoms with Crippen molar-refractivity contribution in [3.8, 4) is 0 Å². The third kappa shape index (κ3) is 2.68. The lowest BCUT2D eigenvalue weighted by Gasteiger charge is -2.36. The highest BCUT2D eigenvalue weighted by Gasteiger charge is 2.25. The molecule has 0 radical (unpaired) electrons. The van der Waals surface area contributed by atoms with Crippen LogP contribution in [-0.4, -0.2) is 35.8 Å². The number of aryl methyl sites for hydroxylation is 1. The molecule has 1 atom stereocenters. The lowest BCUT2D eigenvalue weighted by molar-refractivity contribution is 0.0927. The zero-order chi connectivity index (χ0) is 14.8. The SMILES string of the molecule is CCc1cc2c(N3CCOCC3CC)nc(NN)nc2s1. The molecule has 0 aromatic carbocycles. The van der Waals surface area contributed by atoms with Crippen molar-refractivity contribution < 1.29 is 4.74 Å². The van der Waals surface area contributed by atoms with E-state index >= 15 is 0 Å². The molecule has 0 amide bonds. The number of nitrogens with zero attached hydrogens (tertiary/aromatic N) is 3. The number of hydrazine groups is 1. The number of aromatic nitrogens is 2. The molecule has 3 N–H and O–H groups in total. The van der Waals surface area contributed by atoms with Gasteiger partial charge in [-0.2, -0.15) is 4.98 Å². The maximum atomic E-state index is 5.60. The van der Waals surface area contributed by atoms with Gasteiger partial charge in [-0.3, -0.25) is 5.43 Å². The van der Waals surface area contributed by atoms with Crippen molar-refractivity contribution >= 4 is 33.3 Å². The number of ether oxygens (including phenoxy) is 1. The summed E-state index contributed by atoms with van der Waals surface area (Å²) in [6.07, 6.45) is 2.04. The van der Waals surface area contributed by atoms with Crippen LogP contribution in [0.5, 0.6) is 0 Å². The Kier molecular flexibility index (Phi) is 4.23. The average Bonchev–Trinajstić information content (AvgIpc) is 2.96. The Morgan fingerprint density at radius 2 is 2.33 bits per heavy atom. The van der Waals surface area contributed by atoms with Gasteiger partial charge in [0.25, 0.3) is 0 Å². The van der Waals surface area contributed by atoms with Crippen molar-refractivity contribution in [2.24, 2.45) is 5.84 Å². The molecule has 2 aromatic rings. The molecule has 0 saturated carbocycles. The molecule has 3 rings (SSSR count). The van der Waals surface area contributed by atoms with Crippen molar-refractivity contribution in [1.82, 2.24) is 9.97 Å². The predicted molar refractivity (Wildman–Crippen MR) is 86.8 cm³/mol. The van der Waals surface area contributed by atoms with Gasteiger partial charge in [-0.05, 0) is 18.9 Å². The van der Waals surface area contributed by atoms with Gasteiger partial charge < -0.3 is 9.64 Å². The van der Waals surface area contributed by atoms with Gasteiger partial charge in [0.1, 0.15) is 10.6 Å². The molecular weight excluding hydrogens is 286 g/mol. The van der Waals surface area contributed by atoms with Gasteiger partial charge in [-0.15, -0.1) is 11.3 Å². The van der Waals surface area contributed by atoms with Gasteiger partial charge in [-0.25, -0.2) is 10.8 Å². The van der Waals surface area contributed by atoms with Crippen molar-refractivity contribution in [2.75, 3.05) is 30.1 Å². The first-order valence-corrected chi connectivity index (χ1v) is 8.19. The second-order valence-corrected chi connectivity index (χ2v) is 6.25. The average molecular weight is 307 g/mol. The summed E-state index contributed by atoms with van der Waals surface area (Å²) in [5.74, 6) is 6.98. The van der Waals surface area contributed by atoms with E-state index in [9.17, 15) is 0 Å². The van der Waals surface area contributed by atoms with E-state index < -0.39 is 0 Å². The third-order valence-electron chi connectivity index (χ3n) is 3.87. The van der Waals surface area contributed by atoms with Crippen molar-refractivity contribution in [1.29, 1.82) is 0 Å². The lowest BCUT2D eigenvalue weighted by Crippen LogP contribution is -2.45. The molecule has 1 fully saturated rings. The molecule has 0 aliphatic carbocycles. The Labute approximate surface area is 128 Å². The van der Waals surface area contributed by atoms with Crippen molar-refractivity contribution in [3.05, 3.63) is 10.9 Å².